The van der Waals surface area contributed by atoms with Gasteiger partial charge in [-0.25, -0.2) is 0 Å². The molecule has 1 amide bonds. The number of hydrogen-bond acceptors (Lipinski definition) is 2. The molecule has 1 aromatic carbocycles. The molecule has 6 heteroatoms. The van der Waals surface area contributed by atoms with Gasteiger partial charge in [-0.15, -0.1) is 0 Å². The van der Waals surface area contributed by atoms with Crippen molar-refractivity contribution in [3.63, 3.8) is 0 Å². The highest BCUT2D eigenvalue weighted by Gasteiger charge is 2.29. The van der Waals surface area contributed by atoms with Crippen molar-refractivity contribution in [3.8, 4) is 0 Å². The monoisotopic (exact) mass is 300 g/mol. The van der Waals surface area contributed by atoms with Crippen LogP contribution in [0.4, 0.5) is 13.2 Å². The highest BCUT2D eigenvalue weighted by atomic mass is 19.4. The number of carbonyl (C=O) groups excluding carboxylic acids is 1. The molecule has 0 aliphatic carbocycles. The summed E-state index contributed by atoms with van der Waals surface area (Å²) in [4.78, 5) is 11.7. The van der Waals surface area contributed by atoms with Crippen molar-refractivity contribution in [1.29, 1.82) is 0 Å². The van der Waals surface area contributed by atoms with Crippen LogP contribution >= 0.6 is 0 Å². The molecule has 0 bridgehead atoms. The Kier molecular flexibility index (Phi) is 5.22. The lowest BCUT2D eigenvalue weighted by Gasteiger charge is -2.10. The first-order chi connectivity index (χ1) is 9.95. The van der Waals surface area contributed by atoms with Crippen LogP contribution in [-0.4, -0.2) is 25.5 Å². The molecular formula is C15H19F3N2O. The SMILES string of the molecule is O=C(C[C@H]1CCNC1)NCCc1ccc(C(F)(F)F)cc1. The topological polar surface area (TPSA) is 41.1 Å². The maximum atomic E-state index is 12.4. The van der Waals surface area contributed by atoms with E-state index in [1.165, 1.54) is 12.1 Å². The van der Waals surface area contributed by atoms with Crippen molar-refractivity contribution in [1.82, 2.24) is 10.6 Å². The van der Waals surface area contributed by atoms with Gasteiger partial charge in [-0.2, -0.15) is 13.2 Å². The van der Waals surface area contributed by atoms with E-state index >= 15 is 0 Å². The van der Waals surface area contributed by atoms with Crippen LogP contribution in [0, 0.1) is 5.92 Å². The van der Waals surface area contributed by atoms with Gasteiger partial charge in [0.1, 0.15) is 0 Å². The van der Waals surface area contributed by atoms with Gasteiger partial charge in [0.25, 0.3) is 0 Å². The summed E-state index contributed by atoms with van der Waals surface area (Å²) in [5.74, 6) is 0.409. The first kappa shape index (κ1) is 15.8. The average Bonchev–Trinajstić information content (AvgIpc) is 2.91. The zero-order valence-corrected chi connectivity index (χ0v) is 11.7. The molecule has 116 valence electrons. The molecule has 3 nitrogen and oxygen atoms in total. The van der Waals surface area contributed by atoms with Gasteiger partial charge in [0.2, 0.25) is 5.91 Å². The van der Waals surface area contributed by atoms with Gasteiger partial charge in [0.15, 0.2) is 0 Å². The Balaban J connectivity index is 1.71. The fourth-order valence-electron chi connectivity index (χ4n) is 2.43. The Bertz CT molecular complexity index is 465. The summed E-state index contributed by atoms with van der Waals surface area (Å²) >= 11 is 0. The smallest absolute Gasteiger partial charge is 0.356 e. The Morgan fingerprint density at radius 2 is 2.00 bits per heavy atom. The van der Waals surface area contributed by atoms with Crippen molar-refractivity contribution in [3.05, 3.63) is 35.4 Å². The summed E-state index contributed by atoms with van der Waals surface area (Å²) in [6, 6.07) is 5.05. The fourth-order valence-corrected chi connectivity index (χ4v) is 2.43. The van der Waals surface area contributed by atoms with Crippen molar-refractivity contribution in [2.45, 2.75) is 25.4 Å². The number of rotatable bonds is 5. The molecule has 1 atom stereocenters. The Hall–Kier alpha value is -1.56. The molecule has 0 radical (unpaired) electrons. The Morgan fingerprint density at radius 3 is 2.57 bits per heavy atom. The number of halogens is 3. The van der Waals surface area contributed by atoms with Crippen molar-refractivity contribution in [2.24, 2.45) is 5.92 Å². The molecule has 0 saturated carbocycles. The molecule has 1 saturated heterocycles. The van der Waals surface area contributed by atoms with E-state index in [1.807, 2.05) is 0 Å². The van der Waals surface area contributed by atoms with E-state index in [-0.39, 0.29) is 5.91 Å². The van der Waals surface area contributed by atoms with Crippen molar-refractivity contribution in [2.75, 3.05) is 19.6 Å². The second-order valence-electron chi connectivity index (χ2n) is 5.36. The van der Waals surface area contributed by atoms with Crippen molar-refractivity contribution < 1.29 is 18.0 Å². The number of alkyl halides is 3. The summed E-state index contributed by atoms with van der Waals surface area (Å²) in [5.41, 5.74) is 0.134. The normalized spacial score (nSPS) is 18.7. The van der Waals surface area contributed by atoms with E-state index in [0.29, 0.717) is 25.3 Å². The van der Waals surface area contributed by atoms with Crippen LogP contribution in [0.3, 0.4) is 0 Å². The third kappa shape index (κ3) is 5.04. The van der Waals surface area contributed by atoms with Gasteiger partial charge in [-0.3, -0.25) is 4.79 Å². The van der Waals surface area contributed by atoms with Gasteiger partial charge in [0, 0.05) is 13.0 Å². The van der Waals surface area contributed by atoms with Crippen LogP contribution < -0.4 is 10.6 Å². The molecule has 2 rings (SSSR count). The summed E-state index contributed by atoms with van der Waals surface area (Å²) in [7, 11) is 0. The molecular weight excluding hydrogens is 281 g/mol. The molecule has 1 fully saturated rings. The van der Waals surface area contributed by atoms with E-state index in [2.05, 4.69) is 10.6 Å². The Labute approximate surface area is 121 Å². The van der Waals surface area contributed by atoms with Crippen LogP contribution in [0.1, 0.15) is 24.0 Å². The Morgan fingerprint density at radius 1 is 1.29 bits per heavy atom. The summed E-state index contributed by atoms with van der Waals surface area (Å²) in [5, 5.41) is 6.02. The molecule has 0 spiro atoms. The molecule has 1 aliphatic heterocycles. The quantitative estimate of drug-likeness (QED) is 0.876. The first-order valence-corrected chi connectivity index (χ1v) is 7.08. The highest BCUT2D eigenvalue weighted by molar-refractivity contribution is 5.76. The van der Waals surface area contributed by atoms with Crippen LogP contribution in [0.25, 0.3) is 0 Å². The van der Waals surface area contributed by atoms with E-state index in [0.717, 1.165) is 37.2 Å². The molecule has 1 aliphatic rings. The lowest BCUT2D eigenvalue weighted by atomic mass is 10.0. The van der Waals surface area contributed by atoms with E-state index < -0.39 is 11.7 Å². The largest absolute Gasteiger partial charge is 0.416 e. The summed E-state index contributed by atoms with van der Waals surface area (Å²) < 4.78 is 37.2. The first-order valence-electron chi connectivity index (χ1n) is 7.08. The average molecular weight is 300 g/mol. The molecule has 0 unspecified atom stereocenters. The van der Waals surface area contributed by atoms with Gasteiger partial charge in [0.05, 0.1) is 5.56 Å². The van der Waals surface area contributed by atoms with E-state index in [9.17, 15) is 18.0 Å². The minimum Gasteiger partial charge on any atom is -0.356 e. The lowest BCUT2D eigenvalue weighted by molar-refractivity contribution is -0.137. The molecule has 1 aromatic rings. The van der Waals surface area contributed by atoms with E-state index in [4.69, 9.17) is 0 Å². The highest BCUT2D eigenvalue weighted by Crippen LogP contribution is 2.29. The second-order valence-corrected chi connectivity index (χ2v) is 5.36. The number of nitrogens with one attached hydrogen (secondary N) is 2. The molecule has 0 aromatic heterocycles. The maximum absolute atomic E-state index is 12.4. The van der Waals surface area contributed by atoms with Gasteiger partial charge in [-0.1, -0.05) is 12.1 Å². The minimum atomic E-state index is -4.30. The van der Waals surface area contributed by atoms with Gasteiger partial charge in [-0.05, 0) is 49.5 Å². The number of amides is 1. The summed E-state index contributed by atoms with van der Waals surface area (Å²) in [6.07, 6.45) is -2.23. The molecule has 2 N–H and O–H groups in total. The van der Waals surface area contributed by atoms with E-state index in [1.54, 1.807) is 0 Å². The minimum absolute atomic E-state index is 0.00983. The number of carbonyl (C=O) groups is 1. The zero-order chi connectivity index (χ0) is 15.3. The molecule has 1 heterocycles. The third-order valence-corrected chi connectivity index (χ3v) is 3.65. The fraction of sp³-hybridized carbons (Fsp3) is 0.533. The number of benzene rings is 1. The van der Waals surface area contributed by atoms with Gasteiger partial charge >= 0.3 is 6.18 Å². The van der Waals surface area contributed by atoms with Crippen molar-refractivity contribution >= 4 is 5.91 Å². The summed E-state index contributed by atoms with van der Waals surface area (Å²) in [6.45, 7) is 2.29. The predicted octanol–water partition coefficient (Wildman–Crippen LogP) is 2.36. The standard InChI is InChI=1S/C15H19F3N2O/c16-15(17,18)13-3-1-11(2-4-13)6-8-20-14(21)9-12-5-7-19-10-12/h1-4,12,19H,5-10H2,(H,20,21)/t12-/m1/s1. The van der Waals surface area contributed by atoms with Crippen LogP contribution in [0.15, 0.2) is 24.3 Å². The zero-order valence-electron chi connectivity index (χ0n) is 11.7. The second kappa shape index (κ2) is 6.93. The number of hydrogen-bond donors (Lipinski definition) is 2. The van der Waals surface area contributed by atoms with Crippen LogP contribution in [0.2, 0.25) is 0 Å². The predicted molar refractivity (Wildman–Crippen MR) is 73.8 cm³/mol. The lowest BCUT2D eigenvalue weighted by Crippen LogP contribution is -2.28. The maximum Gasteiger partial charge on any atom is 0.416 e. The van der Waals surface area contributed by atoms with Crippen LogP contribution in [0.5, 0.6) is 0 Å². The van der Waals surface area contributed by atoms with Crippen LogP contribution in [-0.2, 0) is 17.4 Å². The third-order valence-electron chi connectivity index (χ3n) is 3.65. The van der Waals surface area contributed by atoms with Gasteiger partial charge < -0.3 is 10.6 Å². The molecule has 21 heavy (non-hydrogen) atoms.